The van der Waals surface area contributed by atoms with Crippen molar-refractivity contribution in [3.05, 3.63) is 29.8 Å². The maximum absolute atomic E-state index is 5.91. The van der Waals surface area contributed by atoms with Crippen molar-refractivity contribution in [2.24, 2.45) is 0 Å². The Hall–Kier alpha value is -1.06. The fourth-order valence-electron chi connectivity index (χ4n) is 2.34. The van der Waals surface area contributed by atoms with Crippen molar-refractivity contribution < 1.29 is 4.74 Å². The van der Waals surface area contributed by atoms with E-state index in [0.717, 1.165) is 32.0 Å². The van der Waals surface area contributed by atoms with Crippen LogP contribution in [-0.4, -0.2) is 37.7 Å². The minimum Gasteiger partial charge on any atom is -0.492 e. The number of rotatable bonds is 7. The zero-order valence-corrected chi connectivity index (χ0v) is 11.3. The first-order valence-electron chi connectivity index (χ1n) is 7.04. The van der Waals surface area contributed by atoms with Crippen molar-refractivity contribution >= 4 is 0 Å². The van der Waals surface area contributed by atoms with Gasteiger partial charge in [-0.2, -0.15) is 0 Å². The molecule has 3 heteroatoms. The van der Waals surface area contributed by atoms with Crippen LogP contribution in [-0.2, 0) is 6.54 Å². The van der Waals surface area contributed by atoms with Crippen LogP contribution in [0.2, 0.25) is 0 Å². The third-order valence-electron chi connectivity index (χ3n) is 3.40. The number of nitrogens with zero attached hydrogens (tertiary/aromatic N) is 1. The maximum Gasteiger partial charge on any atom is 0.123 e. The highest BCUT2D eigenvalue weighted by atomic mass is 16.5. The summed E-state index contributed by atoms with van der Waals surface area (Å²) in [6.07, 6.45) is 2.69. The summed E-state index contributed by atoms with van der Waals surface area (Å²) >= 11 is 0. The normalized spacial score (nSPS) is 16.1. The molecule has 100 valence electrons. The first-order valence-corrected chi connectivity index (χ1v) is 7.04. The number of benzene rings is 1. The van der Waals surface area contributed by atoms with Crippen LogP contribution in [0.25, 0.3) is 0 Å². The van der Waals surface area contributed by atoms with Crippen LogP contribution in [0.3, 0.4) is 0 Å². The van der Waals surface area contributed by atoms with Gasteiger partial charge in [-0.1, -0.05) is 25.1 Å². The monoisotopic (exact) mass is 248 g/mol. The highest BCUT2D eigenvalue weighted by Crippen LogP contribution is 2.17. The number of para-hydroxylation sites is 1. The van der Waals surface area contributed by atoms with Gasteiger partial charge < -0.3 is 10.1 Å². The minimum absolute atomic E-state index is 0.795. The second kappa shape index (κ2) is 7.39. The van der Waals surface area contributed by atoms with E-state index in [1.165, 1.54) is 31.5 Å². The molecule has 0 unspecified atom stereocenters. The van der Waals surface area contributed by atoms with Gasteiger partial charge in [-0.15, -0.1) is 0 Å². The van der Waals surface area contributed by atoms with Gasteiger partial charge in [0, 0.05) is 18.7 Å². The molecule has 1 aliphatic heterocycles. The van der Waals surface area contributed by atoms with Crippen molar-refractivity contribution in [2.75, 3.05) is 32.8 Å². The Morgan fingerprint density at radius 2 is 2.00 bits per heavy atom. The van der Waals surface area contributed by atoms with Crippen molar-refractivity contribution in [1.82, 2.24) is 10.2 Å². The average molecular weight is 248 g/mol. The van der Waals surface area contributed by atoms with Gasteiger partial charge in [-0.25, -0.2) is 0 Å². The van der Waals surface area contributed by atoms with E-state index in [9.17, 15) is 0 Å². The maximum atomic E-state index is 5.91. The SMILES string of the molecule is CCNCc1ccccc1OCCN1CCCC1. The molecule has 1 heterocycles. The molecule has 0 saturated carbocycles. The molecule has 18 heavy (non-hydrogen) atoms. The van der Waals surface area contributed by atoms with E-state index in [1.807, 2.05) is 6.07 Å². The molecular formula is C15H24N2O. The molecule has 0 aliphatic carbocycles. The number of likely N-dealkylation sites (tertiary alicyclic amines) is 1. The van der Waals surface area contributed by atoms with Gasteiger partial charge in [0.1, 0.15) is 12.4 Å². The van der Waals surface area contributed by atoms with Gasteiger partial charge in [0.2, 0.25) is 0 Å². The lowest BCUT2D eigenvalue weighted by Gasteiger charge is -2.16. The van der Waals surface area contributed by atoms with E-state index >= 15 is 0 Å². The topological polar surface area (TPSA) is 24.5 Å². The Labute approximate surface area is 110 Å². The van der Waals surface area contributed by atoms with Crippen molar-refractivity contribution in [1.29, 1.82) is 0 Å². The van der Waals surface area contributed by atoms with E-state index in [0.29, 0.717) is 0 Å². The second-order valence-electron chi connectivity index (χ2n) is 4.79. The van der Waals surface area contributed by atoms with Crippen molar-refractivity contribution in [2.45, 2.75) is 26.3 Å². The third-order valence-corrected chi connectivity index (χ3v) is 3.40. The lowest BCUT2D eigenvalue weighted by Crippen LogP contribution is -2.25. The Morgan fingerprint density at radius 3 is 2.78 bits per heavy atom. The summed E-state index contributed by atoms with van der Waals surface area (Å²) in [5, 5.41) is 3.35. The smallest absolute Gasteiger partial charge is 0.123 e. The van der Waals surface area contributed by atoms with Crippen LogP contribution < -0.4 is 10.1 Å². The molecule has 1 aromatic carbocycles. The molecule has 1 aromatic rings. The molecule has 1 saturated heterocycles. The van der Waals surface area contributed by atoms with Crippen LogP contribution in [0.5, 0.6) is 5.75 Å². The molecule has 0 bridgehead atoms. The summed E-state index contributed by atoms with van der Waals surface area (Å²) in [5.41, 5.74) is 1.25. The lowest BCUT2D eigenvalue weighted by molar-refractivity contribution is 0.236. The van der Waals surface area contributed by atoms with Gasteiger partial charge in [-0.05, 0) is 38.5 Å². The highest BCUT2D eigenvalue weighted by molar-refractivity contribution is 5.33. The molecule has 0 atom stereocenters. The zero-order valence-electron chi connectivity index (χ0n) is 11.3. The van der Waals surface area contributed by atoms with Crippen LogP contribution in [0.15, 0.2) is 24.3 Å². The van der Waals surface area contributed by atoms with Gasteiger partial charge in [0.25, 0.3) is 0 Å². The van der Waals surface area contributed by atoms with E-state index in [-0.39, 0.29) is 0 Å². The summed E-state index contributed by atoms with van der Waals surface area (Å²) in [5.74, 6) is 1.03. The average Bonchev–Trinajstić information content (AvgIpc) is 2.91. The molecule has 0 aromatic heterocycles. The van der Waals surface area contributed by atoms with Crippen molar-refractivity contribution in [3.63, 3.8) is 0 Å². The summed E-state index contributed by atoms with van der Waals surface area (Å²) in [4.78, 5) is 2.48. The van der Waals surface area contributed by atoms with E-state index in [4.69, 9.17) is 4.74 Å². The molecule has 2 rings (SSSR count). The summed E-state index contributed by atoms with van der Waals surface area (Å²) < 4.78 is 5.91. The van der Waals surface area contributed by atoms with Crippen LogP contribution >= 0.6 is 0 Å². The summed E-state index contributed by atoms with van der Waals surface area (Å²) in [6, 6.07) is 8.31. The molecule has 1 aliphatic rings. The standard InChI is InChI=1S/C15H24N2O/c1-2-16-13-14-7-3-4-8-15(14)18-12-11-17-9-5-6-10-17/h3-4,7-8,16H,2,5-6,9-13H2,1H3. The van der Waals surface area contributed by atoms with Gasteiger partial charge >= 0.3 is 0 Å². The first-order chi connectivity index (χ1) is 8.90. The zero-order chi connectivity index (χ0) is 12.6. The molecular weight excluding hydrogens is 224 g/mol. The van der Waals surface area contributed by atoms with Crippen LogP contribution in [0, 0.1) is 0 Å². The summed E-state index contributed by atoms with van der Waals surface area (Å²) in [6.45, 7) is 8.32. The highest BCUT2D eigenvalue weighted by Gasteiger charge is 2.11. The number of nitrogens with one attached hydrogen (secondary N) is 1. The molecule has 3 nitrogen and oxygen atoms in total. The Kier molecular flexibility index (Phi) is 5.49. The number of hydrogen-bond acceptors (Lipinski definition) is 3. The third kappa shape index (κ3) is 4.00. The van der Waals surface area contributed by atoms with Crippen LogP contribution in [0.4, 0.5) is 0 Å². The fraction of sp³-hybridized carbons (Fsp3) is 0.600. The minimum atomic E-state index is 0.795. The predicted octanol–water partition coefficient (Wildman–Crippen LogP) is 2.27. The largest absolute Gasteiger partial charge is 0.492 e. The predicted molar refractivity (Wildman–Crippen MR) is 75.0 cm³/mol. The van der Waals surface area contributed by atoms with Crippen LogP contribution in [0.1, 0.15) is 25.3 Å². The van der Waals surface area contributed by atoms with E-state index in [1.54, 1.807) is 0 Å². The Bertz CT molecular complexity index is 348. The lowest BCUT2D eigenvalue weighted by atomic mass is 10.2. The molecule has 0 amide bonds. The Morgan fingerprint density at radius 1 is 1.22 bits per heavy atom. The molecule has 0 radical (unpaired) electrons. The quantitative estimate of drug-likeness (QED) is 0.801. The van der Waals surface area contributed by atoms with Gasteiger partial charge in [0.15, 0.2) is 0 Å². The Balaban J connectivity index is 1.79. The number of ether oxygens (including phenoxy) is 1. The number of hydrogen-bond donors (Lipinski definition) is 1. The van der Waals surface area contributed by atoms with Crippen molar-refractivity contribution in [3.8, 4) is 5.75 Å². The second-order valence-corrected chi connectivity index (χ2v) is 4.79. The van der Waals surface area contributed by atoms with Gasteiger partial charge in [-0.3, -0.25) is 4.90 Å². The fourth-order valence-corrected chi connectivity index (χ4v) is 2.34. The van der Waals surface area contributed by atoms with E-state index < -0.39 is 0 Å². The molecule has 0 spiro atoms. The molecule has 1 fully saturated rings. The molecule has 1 N–H and O–H groups in total. The summed E-state index contributed by atoms with van der Waals surface area (Å²) in [7, 11) is 0. The van der Waals surface area contributed by atoms with E-state index in [2.05, 4.69) is 35.3 Å². The van der Waals surface area contributed by atoms with Gasteiger partial charge in [0.05, 0.1) is 0 Å². The first kappa shape index (κ1) is 13.4.